The first-order chi connectivity index (χ1) is 6.72. The van der Waals surface area contributed by atoms with Crippen LogP contribution in [0.3, 0.4) is 0 Å². The van der Waals surface area contributed by atoms with Crippen LogP contribution in [0.15, 0.2) is 0 Å². The molecule has 14 heavy (non-hydrogen) atoms. The molecule has 0 heterocycles. The van der Waals surface area contributed by atoms with Gasteiger partial charge in [0.1, 0.15) is 0 Å². The third kappa shape index (κ3) is 2.20. The molecule has 3 nitrogen and oxygen atoms in total. The van der Waals surface area contributed by atoms with Crippen LogP contribution in [0.4, 0.5) is 4.79 Å². The van der Waals surface area contributed by atoms with E-state index >= 15 is 0 Å². The molecule has 0 aromatic heterocycles. The van der Waals surface area contributed by atoms with Crippen molar-refractivity contribution >= 4 is 6.03 Å². The van der Waals surface area contributed by atoms with Crippen molar-refractivity contribution in [3.63, 3.8) is 0 Å². The molecule has 0 saturated heterocycles. The number of urea groups is 1. The second kappa shape index (κ2) is 3.79. The van der Waals surface area contributed by atoms with Crippen LogP contribution in [0.2, 0.25) is 0 Å². The topological polar surface area (TPSA) is 23.6 Å². The van der Waals surface area contributed by atoms with Crippen molar-refractivity contribution in [1.82, 2.24) is 9.80 Å². The quantitative estimate of drug-likeness (QED) is 0.674. The monoisotopic (exact) mass is 196 g/mol. The van der Waals surface area contributed by atoms with E-state index in [9.17, 15) is 4.79 Å². The SMILES string of the molecule is CCN(C)C(=O)N(CC1CC1)C1CC1. The highest BCUT2D eigenvalue weighted by atomic mass is 16.2. The van der Waals surface area contributed by atoms with Gasteiger partial charge in [0, 0.05) is 26.2 Å². The molecule has 0 N–H and O–H groups in total. The van der Waals surface area contributed by atoms with Crippen LogP contribution in [0.25, 0.3) is 0 Å². The van der Waals surface area contributed by atoms with Gasteiger partial charge in [0.2, 0.25) is 0 Å². The van der Waals surface area contributed by atoms with Gasteiger partial charge >= 0.3 is 6.03 Å². The minimum Gasteiger partial charge on any atom is -0.328 e. The highest BCUT2D eigenvalue weighted by Crippen LogP contribution is 2.35. The van der Waals surface area contributed by atoms with E-state index in [1.54, 1.807) is 0 Å². The minimum atomic E-state index is 0.238. The van der Waals surface area contributed by atoms with Gasteiger partial charge in [-0.1, -0.05) is 0 Å². The fraction of sp³-hybridized carbons (Fsp3) is 0.909. The van der Waals surface area contributed by atoms with Gasteiger partial charge in [-0.3, -0.25) is 0 Å². The number of carbonyl (C=O) groups is 1. The van der Waals surface area contributed by atoms with E-state index in [0.29, 0.717) is 6.04 Å². The first-order valence-electron chi connectivity index (χ1n) is 5.74. The molecule has 2 aliphatic rings. The van der Waals surface area contributed by atoms with Crippen LogP contribution >= 0.6 is 0 Å². The van der Waals surface area contributed by atoms with Gasteiger partial charge in [0.25, 0.3) is 0 Å². The number of hydrogen-bond acceptors (Lipinski definition) is 1. The summed E-state index contributed by atoms with van der Waals surface area (Å²) >= 11 is 0. The number of hydrogen-bond donors (Lipinski definition) is 0. The lowest BCUT2D eigenvalue weighted by Gasteiger charge is -2.27. The van der Waals surface area contributed by atoms with Crippen molar-refractivity contribution in [2.75, 3.05) is 20.1 Å². The fourth-order valence-corrected chi connectivity index (χ4v) is 1.70. The molecule has 0 aromatic rings. The highest BCUT2D eigenvalue weighted by Gasteiger charge is 2.37. The molecule has 2 rings (SSSR count). The zero-order chi connectivity index (χ0) is 10.1. The van der Waals surface area contributed by atoms with Gasteiger partial charge in [-0.15, -0.1) is 0 Å². The number of carbonyl (C=O) groups excluding carboxylic acids is 1. The average Bonchev–Trinajstić information content (AvgIpc) is 3.02. The Hall–Kier alpha value is -0.730. The molecule has 0 aliphatic heterocycles. The molecular formula is C11H20N2O. The van der Waals surface area contributed by atoms with E-state index in [1.165, 1.54) is 25.7 Å². The van der Waals surface area contributed by atoms with Gasteiger partial charge < -0.3 is 9.80 Å². The Kier molecular flexibility index (Phi) is 2.66. The third-order valence-electron chi connectivity index (χ3n) is 3.19. The Morgan fingerprint density at radius 1 is 1.29 bits per heavy atom. The van der Waals surface area contributed by atoms with Crippen LogP contribution in [-0.2, 0) is 0 Å². The Bertz CT molecular complexity index is 221. The summed E-state index contributed by atoms with van der Waals surface area (Å²) in [5.41, 5.74) is 0. The first-order valence-corrected chi connectivity index (χ1v) is 5.74. The van der Waals surface area contributed by atoms with Gasteiger partial charge in [0.15, 0.2) is 0 Å². The van der Waals surface area contributed by atoms with Crippen molar-refractivity contribution in [2.45, 2.75) is 38.6 Å². The maximum absolute atomic E-state index is 12.0. The second-order valence-corrected chi connectivity index (χ2v) is 4.62. The van der Waals surface area contributed by atoms with Crippen LogP contribution in [0.1, 0.15) is 32.6 Å². The van der Waals surface area contributed by atoms with E-state index in [4.69, 9.17) is 0 Å². The summed E-state index contributed by atoms with van der Waals surface area (Å²) in [5, 5.41) is 0. The maximum atomic E-state index is 12.0. The molecule has 0 radical (unpaired) electrons. The summed E-state index contributed by atoms with van der Waals surface area (Å²) in [5.74, 6) is 0.810. The lowest BCUT2D eigenvalue weighted by Crippen LogP contribution is -2.43. The fourth-order valence-electron chi connectivity index (χ4n) is 1.70. The molecule has 2 fully saturated rings. The Morgan fingerprint density at radius 3 is 2.36 bits per heavy atom. The van der Waals surface area contributed by atoms with Crippen molar-refractivity contribution in [3.8, 4) is 0 Å². The molecule has 0 spiro atoms. The van der Waals surface area contributed by atoms with E-state index in [0.717, 1.165) is 19.0 Å². The molecular weight excluding hydrogens is 176 g/mol. The minimum absolute atomic E-state index is 0.238. The summed E-state index contributed by atoms with van der Waals surface area (Å²) in [6.07, 6.45) is 5.09. The lowest BCUT2D eigenvalue weighted by atomic mass is 10.3. The van der Waals surface area contributed by atoms with Gasteiger partial charge in [-0.2, -0.15) is 0 Å². The number of amides is 2. The second-order valence-electron chi connectivity index (χ2n) is 4.62. The van der Waals surface area contributed by atoms with Gasteiger partial charge in [-0.05, 0) is 38.5 Å². The van der Waals surface area contributed by atoms with Gasteiger partial charge in [0.05, 0.1) is 0 Å². The van der Waals surface area contributed by atoms with Crippen LogP contribution in [0.5, 0.6) is 0 Å². The van der Waals surface area contributed by atoms with E-state index in [-0.39, 0.29) is 6.03 Å². The molecule has 0 atom stereocenters. The molecule has 0 unspecified atom stereocenters. The van der Waals surface area contributed by atoms with E-state index in [1.807, 2.05) is 18.9 Å². The predicted octanol–water partition coefficient (Wildman–Crippen LogP) is 1.93. The number of nitrogens with zero attached hydrogens (tertiary/aromatic N) is 2. The maximum Gasteiger partial charge on any atom is 0.319 e. The standard InChI is InChI=1S/C11H20N2O/c1-3-12(2)11(14)13(10-6-7-10)8-9-4-5-9/h9-10H,3-8H2,1-2H3. The summed E-state index contributed by atoms with van der Waals surface area (Å²) in [6, 6.07) is 0.805. The summed E-state index contributed by atoms with van der Waals surface area (Å²) in [7, 11) is 1.89. The zero-order valence-electron chi connectivity index (χ0n) is 9.20. The molecule has 0 bridgehead atoms. The first kappa shape index (κ1) is 9.81. The Morgan fingerprint density at radius 2 is 1.93 bits per heavy atom. The molecule has 3 heteroatoms. The molecule has 2 saturated carbocycles. The van der Waals surface area contributed by atoms with Gasteiger partial charge in [-0.25, -0.2) is 4.79 Å². The molecule has 2 aliphatic carbocycles. The van der Waals surface area contributed by atoms with Crippen molar-refractivity contribution in [1.29, 1.82) is 0 Å². The summed E-state index contributed by atoms with van der Waals surface area (Å²) in [6.45, 7) is 3.85. The molecule has 0 aromatic carbocycles. The Labute approximate surface area is 86.1 Å². The van der Waals surface area contributed by atoms with Crippen LogP contribution in [0, 0.1) is 5.92 Å². The Balaban J connectivity index is 1.90. The van der Waals surface area contributed by atoms with Crippen LogP contribution in [-0.4, -0.2) is 42.0 Å². The number of rotatable bonds is 4. The average molecular weight is 196 g/mol. The zero-order valence-corrected chi connectivity index (χ0v) is 9.20. The van der Waals surface area contributed by atoms with Crippen molar-refractivity contribution < 1.29 is 4.79 Å². The van der Waals surface area contributed by atoms with Crippen molar-refractivity contribution in [3.05, 3.63) is 0 Å². The summed E-state index contributed by atoms with van der Waals surface area (Å²) < 4.78 is 0. The summed E-state index contributed by atoms with van der Waals surface area (Å²) in [4.78, 5) is 15.9. The smallest absolute Gasteiger partial charge is 0.319 e. The third-order valence-corrected chi connectivity index (χ3v) is 3.19. The van der Waals surface area contributed by atoms with E-state index < -0.39 is 0 Å². The largest absolute Gasteiger partial charge is 0.328 e. The highest BCUT2D eigenvalue weighted by molar-refractivity contribution is 5.74. The predicted molar refractivity (Wildman–Crippen MR) is 56.2 cm³/mol. The lowest BCUT2D eigenvalue weighted by molar-refractivity contribution is 0.159. The van der Waals surface area contributed by atoms with E-state index in [2.05, 4.69) is 4.90 Å². The normalized spacial score (nSPS) is 20.7. The molecule has 80 valence electrons. The van der Waals surface area contributed by atoms with Crippen LogP contribution < -0.4 is 0 Å². The van der Waals surface area contributed by atoms with Crippen molar-refractivity contribution in [2.24, 2.45) is 5.92 Å². The molecule has 2 amide bonds.